The Morgan fingerprint density at radius 3 is 1.48 bits per heavy atom. The molecule has 0 unspecified atom stereocenters. The molecule has 0 radical (unpaired) electrons. The molecule has 0 aliphatic heterocycles. The molecule has 2 aromatic carbocycles. The Bertz CT molecular complexity index is 1090. The number of rotatable bonds is 5. The van der Waals surface area contributed by atoms with Crippen LogP contribution in [0.15, 0.2) is 57.2 Å². The number of benzene rings is 2. The normalized spacial score (nSPS) is 12.8. The average molecular weight is 408 g/mol. The number of phenols is 2. The highest BCUT2D eigenvalue weighted by molar-refractivity contribution is 8.08. The minimum absolute atomic E-state index is 0.479. The molecule has 0 aromatic heterocycles. The lowest BCUT2D eigenvalue weighted by Crippen LogP contribution is -2.17. The van der Waals surface area contributed by atoms with Gasteiger partial charge in [0.25, 0.3) is 10.1 Å². The van der Waals surface area contributed by atoms with Crippen molar-refractivity contribution in [1.29, 1.82) is 0 Å². The number of hydrogen-bond acceptors (Lipinski definition) is 8. The summed E-state index contributed by atoms with van der Waals surface area (Å²) < 4.78 is 79.6. The summed E-state index contributed by atoms with van der Waals surface area (Å²) in [6, 6.07) is 5.76. The van der Waals surface area contributed by atoms with E-state index in [0.717, 1.165) is 42.5 Å². The highest BCUT2D eigenvalue weighted by Gasteiger charge is 2.27. The highest BCUT2D eigenvalue weighted by atomic mass is 32.3. The molecular formula is C13H12O9S3. The van der Waals surface area contributed by atoms with Gasteiger partial charge in [-0.1, -0.05) is 0 Å². The summed E-state index contributed by atoms with van der Waals surface area (Å²) >= 11 is 0. The van der Waals surface area contributed by atoms with Crippen LogP contribution in [0.1, 0.15) is 0 Å². The fourth-order valence-electron chi connectivity index (χ4n) is 1.91. The van der Waals surface area contributed by atoms with Crippen molar-refractivity contribution < 1.29 is 40.0 Å². The lowest BCUT2D eigenvalue weighted by atomic mass is 10.3. The van der Waals surface area contributed by atoms with Crippen molar-refractivity contribution in [2.45, 2.75) is 14.7 Å². The van der Waals surface area contributed by atoms with Gasteiger partial charge in [-0.2, -0.15) is 8.42 Å². The minimum atomic E-state index is -4.52. The molecule has 0 saturated carbocycles. The van der Waals surface area contributed by atoms with Crippen molar-refractivity contribution >= 4 is 29.8 Å². The van der Waals surface area contributed by atoms with Crippen LogP contribution in [0.25, 0.3) is 0 Å². The van der Waals surface area contributed by atoms with E-state index in [1.54, 1.807) is 0 Å². The predicted molar refractivity (Wildman–Crippen MR) is 85.3 cm³/mol. The van der Waals surface area contributed by atoms with Gasteiger partial charge in [-0.05, 0) is 36.4 Å². The zero-order valence-electron chi connectivity index (χ0n) is 12.3. The van der Waals surface area contributed by atoms with Gasteiger partial charge in [-0.15, -0.1) is 0 Å². The van der Waals surface area contributed by atoms with Gasteiger partial charge >= 0.3 is 0 Å². The molecule has 3 N–H and O–H groups in total. The first-order chi connectivity index (χ1) is 11.3. The molecule has 0 atom stereocenters. The van der Waals surface area contributed by atoms with Crippen LogP contribution < -0.4 is 0 Å². The number of hydrogen-bond donors (Lipinski definition) is 3. The minimum Gasteiger partial charge on any atom is -0.508 e. The van der Waals surface area contributed by atoms with Crippen molar-refractivity contribution in [2.75, 3.05) is 5.08 Å². The Balaban J connectivity index is 2.40. The van der Waals surface area contributed by atoms with Crippen LogP contribution >= 0.6 is 0 Å². The summed E-state index contributed by atoms with van der Waals surface area (Å²) in [6.45, 7) is 0. The van der Waals surface area contributed by atoms with Gasteiger partial charge in [0.2, 0.25) is 0 Å². The Hall–Kier alpha value is -2.15. The molecule has 12 heteroatoms. The molecule has 9 nitrogen and oxygen atoms in total. The van der Waals surface area contributed by atoms with Gasteiger partial charge in [0.1, 0.15) is 11.5 Å². The first kappa shape index (κ1) is 19.2. The SMILES string of the molecule is O=S(=O)(O)c1ccc(S(=O)(=O)CS(=O)(=O)c2cc(O)cc(O)c2)cc1. The van der Waals surface area contributed by atoms with Gasteiger partial charge in [-0.3, -0.25) is 4.55 Å². The quantitative estimate of drug-likeness (QED) is 0.599. The van der Waals surface area contributed by atoms with Crippen LogP contribution in [0.4, 0.5) is 0 Å². The van der Waals surface area contributed by atoms with E-state index in [4.69, 9.17) is 4.55 Å². The van der Waals surface area contributed by atoms with Gasteiger partial charge in [0, 0.05) is 6.07 Å². The largest absolute Gasteiger partial charge is 0.508 e. The zero-order chi connectivity index (χ0) is 19.0. The molecule has 136 valence electrons. The Morgan fingerprint density at radius 2 is 1.04 bits per heavy atom. The molecule has 2 aromatic rings. The van der Waals surface area contributed by atoms with Gasteiger partial charge < -0.3 is 10.2 Å². The summed E-state index contributed by atoms with van der Waals surface area (Å²) in [5.74, 6) is -1.12. The van der Waals surface area contributed by atoms with Gasteiger partial charge in [0.05, 0.1) is 14.7 Å². The molecule has 0 saturated heterocycles. The maximum absolute atomic E-state index is 12.2. The molecule has 0 aliphatic rings. The maximum Gasteiger partial charge on any atom is 0.294 e. The molecule has 0 heterocycles. The van der Waals surface area contributed by atoms with Crippen molar-refractivity contribution in [3.8, 4) is 11.5 Å². The lowest BCUT2D eigenvalue weighted by molar-refractivity contribution is 0.447. The summed E-state index contributed by atoms with van der Waals surface area (Å²) in [5, 5.41) is 17.3. The fourth-order valence-corrected chi connectivity index (χ4v) is 6.26. The predicted octanol–water partition coefficient (Wildman–Crippen LogP) is 0.550. The summed E-state index contributed by atoms with van der Waals surface area (Å²) in [4.78, 5) is -1.62. The van der Waals surface area contributed by atoms with Crippen LogP contribution in [0.5, 0.6) is 11.5 Å². The van der Waals surface area contributed by atoms with Crippen LogP contribution in [-0.2, 0) is 29.8 Å². The van der Waals surface area contributed by atoms with Crippen molar-refractivity contribution in [3.05, 3.63) is 42.5 Å². The van der Waals surface area contributed by atoms with Crippen LogP contribution in [0.3, 0.4) is 0 Å². The third-order valence-corrected chi connectivity index (χ3v) is 8.32. The molecule has 0 aliphatic carbocycles. The smallest absolute Gasteiger partial charge is 0.294 e. The summed E-state index contributed by atoms with van der Waals surface area (Å²) in [6.07, 6.45) is 0. The van der Waals surface area contributed by atoms with Crippen molar-refractivity contribution in [2.24, 2.45) is 0 Å². The lowest BCUT2D eigenvalue weighted by Gasteiger charge is -2.08. The van der Waals surface area contributed by atoms with Crippen LogP contribution in [0.2, 0.25) is 0 Å². The number of aromatic hydroxyl groups is 2. The van der Waals surface area contributed by atoms with Gasteiger partial charge in [0.15, 0.2) is 24.8 Å². The molecule has 2 rings (SSSR count). The topological polar surface area (TPSA) is 163 Å². The Morgan fingerprint density at radius 1 is 0.640 bits per heavy atom. The van der Waals surface area contributed by atoms with E-state index in [-0.39, 0.29) is 0 Å². The van der Waals surface area contributed by atoms with E-state index < -0.39 is 61.1 Å². The van der Waals surface area contributed by atoms with Crippen LogP contribution in [-0.4, -0.2) is 45.1 Å². The molecule has 0 fully saturated rings. The second kappa shape index (κ2) is 6.29. The second-order valence-electron chi connectivity index (χ2n) is 4.98. The number of phenolic OH excluding ortho intramolecular Hbond substituents is 2. The monoisotopic (exact) mass is 408 g/mol. The van der Waals surface area contributed by atoms with Crippen molar-refractivity contribution in [1.82, 2.24) is 0 Å². The van der Waals surface area contributed by atoms with E-state index in [1.165, 1.54) is 0 Å². The van der Waals surface area contributed by atoms with Crippen LogP contribution in [0, 0.1) is 0 Å². The Kier molecular flexibility index (Phi) is 4.83. The first-order valence-corrected chi connectivity index (χ1v) is 11.1. The van der Waals surface area contributed by atoms with Gasteiger partial charge in [-0.25, -0.2) is 16.8 Å². The molecule has 0 bridgehead atoms. The Labute approximate surface area is 143 Å². The molecule has 0 spiro atoms. The third-order valence-electron chi connectivity index (χ3n) is 3.03. The van der Waals surface area contributed by atoms with E-state index in [0.29, 0.717) is 0 Å². The third kappa shape index (κ3) is 4.48. The zero-order valence-corrected chi connectivity index (χ0v) is 14.7. The maximum atomic E-state index is 12.2. The molecule has 0 amide bonds. The standard InChI is InChI=1S/C13H12O9S3/c14-9-5-10(15)7-13(6-9)24(18,19)8-23(16,17)11-1-3-12(4-2-11)25(20,21)22/h1-7,14-15H,8H2,(H,20,21,22). The first-order valence-electron chi connectivity index (χ1n) is 6.37. The van der Waals surface area contributed by atoms with E-state index in [2.05, 4.69) is 0 Å². The second-order valence-corrected chi connectivity index (χ2v) is 10.7. The summed E-state index contributed by atoms with van der Waals surface area (Å²) in [7, 11) is -13.3. The fraction of sp³-hybridized carbons (Fsp3) is 0.0769. The molecular weight excluding hydrogens is 396 g/mol. The average Bonchev–Trinajstić information content (AvgIpc) is 2.44. The van der Waals surface area contributed by atoms with E-state index in [1.807, 2.05) is 0 Å². The van der Waals surface area contributed by atoms with E-state index >= 15 is 0 Å². The molecule has 25 heavy (non-hydrogen) atoms. The van der Waals surface area contributed by atoms with Crippen molar-refractivity contribution in [3.63, 3.8) is 0 Å². The number of sulfone groups is 2. The highest BCUT2D eigenvalue weighted by Crippen LogP contribution is 2.26. The van der Waals surface area contributed by atoms with E-state index in [9.17, 15) is 35.5 Å². The summed E-state index contributed by atoms with van der Waals surface area (Å²) in [5.41, 5.74) is 0.